The van der Waals surface area contributed by atoms with E-state index < -0.39 is 0 Å². The molecule has 2 aliphatic rings. The van der Waals surface area contributed by atoms with Crippen molar-refractivity contribution < 1.29 is 18.8 Å². The Hall–Kier alpha value is -2.45. The van der Waals surface area contributed by atoms with E-state index in [0.717, 1.165) is 25.3 Å². The van der Waals surface area contributed by atoms with Gasteiger partial charge >= 0.3 is 0 Å². The molecule has 0 spiro atoms. The van der Waals surface area contributed by atoms with Crippen molar-refractivity contribution >= 4 is 5.91 Å². The Morgan fingerprint density at radius 1 is 1.42 bits per heavy atom. The van der Waals surface area contributed by atoms with Gasteiger partial charge in [0.25, 0.3) is 0 Å². The summed E-state index contributed by atoms with van der Waals surface area (Å²) in [7, 11) is 1.57. The first kappa shape index (κ1) is 17.0. The van der Waals surface area contributed by atoms with Gasteiger partial charge in [-0.1, -0.05) is 17.3 Å². The lowest BCUT2D eigenvalue weighted by molar-refractivity contribution is -0.121. The van der Waals surface area contributed by atoms with Crippen LogP contribution in [0.1, 0.15) is 28.8 Å². The molecule has 1 fully saturated rings. The van der Waals surface area contributed by atoms with Gasteiger partial charge in [-0.05, 0) is 17.2 Å². The number of primary amides is 1. The normalized spacial score (nSPS) is 22.3. The van der Waals surface area contributed by atoms with Gasteiger partial charge in [0.1, 0.15) is 12.4 Å². The second-order valence-corrected chi connectivity index (χ2v) is 6.83. The first-order valence-corrected chi connectivity index (χ1v) is 8.71. The predicted octanol–water partition coefficient (Wildman–Crippen LogP) is 0.852. The summed E-state index contributed by atoms with van der Waals surface area (Å²) in [6.45, 7) is 2.99. The standard InChI is InChI=1S/C18H22N4O4/c1-24-10-16-20-18(26-21-16)14-9-22(8-13(14)17(19)23)7-11-2-3-15-12(6-11)4-5-25-15/h2-3,6,13-14H,4-5,7-10H2,1H3,(H2,19,23)/t13-,14-/m1/s1. The molecule has 2 N–H and O–H groups in total. The van der Waals surface area contributed by atoms with Crippen molar-refractivity contribution in [3.63, 3.8) is 0 Å². The maximum Gasteiger partial charge on any atom is 0.231 e. The van der Waals surface area contributed by atoms with Gasteiger partial charge in [0.2, 0.25) is 11.8 Å². The Balaban J connectivity index is 1.49. The van der Waals surface area contributed by atoms with Crippen LogP contribution in [0.25, 0.3) is 0 Å². The topological polar surface area (TPSA) is 104 Å². The van der Waals surface area contributed by atoms with Gasteiger partial charge in [-0.15, -0.1) is 0 Å². The number of carbonyl (C=O) groups is 1. The summed E-state index contributed by atoms with van der Waals surface area (Å²) in [6, 6.07) is 6.27. The van der Waals surface area contributed by atoms with Crippen molar-refractivity contribution in [2.45, 2.75) is 25.5 Å². The van der Waals surface area contributed by atoms with Crippen LogP contribution in [0.3, 0.4) is 0 Å². The number of fused-ring (bicyclic) bond motifs is 1. The van der Waals surface area contributed by atoms with Gasteiger partial charge in [-0.3, -0.25) is 9.69 Å². The molecule has 1 aromatic heterocycles. The Kier molecular flexibility index (Phi) is 4.60. The molecule has 0 unspecified atom stereocenters. The molecule has 0 saturated carbocycles. The highest BCUT2D eigenvalue weighted by atomic mass is 16.5. The highest BCUT2D eigenvalue weighted by Gasteiger charge is 2.40. The Labute approximate surface area is 151 Å². The monoisotopic (exact) mass is 358 g/mol. The van der Waals surface area contributed by atoms with E-state index >= 15 is 0 Å². The number of carbonyl (C=O) groups excluding carboxylic acids is 1. The molecule has 3 heterocycles. The summed E-state index contributed by atoms with van der Waals surface area (Å²) in [4.78, 5) is 18.5. The van der Waals surface area contributed by atoms with E-state index in [1.807, 2.05) is 6.07 Å². The molecule has 2 aliphatic heterocycles. The van der Waals surface area contributed by atoms with Crippen LogP contribution < -0.4 is 10.5 Å². The Bertz CT molecular complexity index is 806. The van der Waals surface area contributed by atoms with Crippen LogP contribution in [-0.2, 0) is 29.1 Å². The molecule has 138 valence electrons. The lowest BCUT2D eigenvalue weighted by Crippen LogP contribution is -2.29. The number of hydrogen-bond acceptors (Lipinski definition) is 7. The number of rotatable bonds is 6. The van der Waals surface area contributed by atoms with Crippen LogP contribution in [-0.4, -0.2) is 47.8 Å². The molecule has 1 amide bonds. The fourth-order valence-electron chi connectivity index (χ4n) is 3.76. The Morgan fingerprint density at radius 3 is 3.12 bits per heavy atom. The van der Waals surface area contributed by atoms with Crippen LogP contribution in [0.5, 0.6) is 5.75 Å². The van der Waals surface area contributed by atoms with E-state index in [1.54, 1.807) is 7.11 Å². The van der Waals surface area contributed by atoms with Crippen molar-refractivity contribution in [1.29, 1.82) is 0 Å². The number of methoxy groups -OCH3 is 1. The number of ether oxygens (including phenoxy) is 2. The molecule has 1 aromatic carbocycles. The van der Waals surface area contributed by atoms with Gasteiger partial charge in [-0.25, -0.2) is 0 Å². The number of aromatic nitrogens is 2. The summed E-state index contributed by atoms with van der Waals surface area (Å²) in [5.74, 6) is 1.02. The number of nitrogens with zero attached hydrogens (tertiary/aromatic N) is 3. The van der Waals surface area contributed by atoms with E-state index in [0.29, 0.717) is 24.8 Å². The van der Waals surface area contributed by atoms with Crippen molar-refractivity contribution in [2.24, 2.45) is 11.7 Å². The summed E-state index contributed by atoms with van der Waals surface area (Å²) in [6.07, 6.45) is 0.944. The minimum atomic E-state index is -0.344. The number of nitrogens with two attached hydrogens (primary N) is 1. The second kappa shape index (κ2) is 7.05. The zero-order valence-electron chi connectivity index (χ0n) is 14.7. The van der Waals surface area contributed by atoms with E-state index in [2.05, 4.69) is 27.2 Å². The highest BCUT2D eigenvalue weighted by Crippen LogP contribution is 2.33. The van der Waals surface area contributed by atoms with Gasteiger partial charge in [-0.2, -0.15) is 4.98 Å². The molecule has 4 rings (SSSR count). The van der Waals surface area contributed by atoms with Crippen molar-refractivity contribution in [2.75, 3.05) is 26.8 Å². The fourth-order valence-corrected chi connectivity index (χ4v) is 3.76. The molecule has 8 heteroatoms. The zero-order chi connectivity index (χ0) is 18.1. The smallest absolute Gasteiger partial charge is 0.231 e. The van der Waals surface area contributed by atoms with Crippen molar-refractivity contribution in [1.82, 2.24) is 15.0 Å². The van der Waals surface area contributed by atoms with Crippen LogP contribution in [0.4, 0.5) is 0 Å². The van der Waals surface area contributed by atoms with Gasteiger partial charge in [0.05, 0.1) is 18.4 Å². The van der Waals surface area contributed by atoms with E-state index in [4.69, 9.17) is 19.7 Å². The first-order valence-electron chi connectivity index (χ1n) is 8.71. The third kappa shape index (κ3) is 3.30. The predicted molar refractivity (Wildman–Crippen MR) is 91.4 cm³/mol. The highest BCUT2D eigenvalue weighted by molar-refractivity contribution is 5.78. The van der Waals surface area contributed by atoms with Gasteiger partial charge < -0.3 is 19.7 Å². The third-order valence-electron chi connectivity index (χ3n) is 5.00. The van der Waals surface area contributed by atoms with Crippen LogP contribution in [0, 0.1) is 5.92 Å². The summed E-state index contributed by atoms with van der Waals surface area (Å²) in [5.41, 5.74) is 8.06. The number of likely N-dealkylation sites (tertiary alicyclic amines) is 1. The molecule has 0 radical (unpaired) electrons. The number of hydrogen-bond donors (Lipinski definition) is 1. The molecule has 0 bridgehead atoms. The molecule has 0 aliphatic carbocycles. The van der Waals surface area contributed by atoms with E-state index in [-0.39, 0.29) is 24.3 Å². The van der Waals surface area contributed by atoms with Crippen molar-refractivity contribution in [3.05, 3.63) is 41.0 Å². The minimum Gasteiger partial charge on any atom is -0.493 e. The summed E-state index contributed by atoms with van der Waals surface area (Å²) in [5, 5.41) is 3.90. The molecule has 8 nitrogen and oxygen atoms in total. The fraction of sp³-hybridized carbons (Fsp3) is 0.500. The molecule has 1 saturated heterocycles. The summed E-state index contributed by atoms with van der Waals surface area (Å²) < 4.78 is 15.9. The molecule has 26 heavy (non-hydrogen) atoms. The molecule has 2 atom stereocenters. The maximum atomic E-state index is 11.9. The number of benzene rings is 1. The third-order valence-corrected chi connectivity index (χ3v) is 5.00. The molecular weight excluding hydrogens is 336 g/mol. The quantitative estimate of drug-likeness (QED) is 0.816. The van der Waals surface area contributed by atoms with Gasteiger partial charge in [0, 0.05) is 33.2 Å². The average Bonchev–Trinajstić information content (AvgIpc) is 3.33. The first-order chi connectivity index (χ1) is 12.6. The van der Waals surface area contributed by atoms with Crippen LogP contribution in [0.2, 0.25) is 0 Å². The average molecular weight is 358 g/mol. The molecular formula is C18H22N4O4. The number of amides is 1. The van der Waals surface area contributed by atoms with Crippen LogP contribution >= 0.6 is 0 Å². The van der Waals surface area contributed by atoms with Crippen LogP contribution in [0.15, 0.2) is 22.7 Å². The van der Waals surface area contributed by atoms with Crippen molar-refractivity contribution in [3.8, 4) is 5.75 Å². The van der Waals surface area contributed by atoms with E-state index in [9.17, 15) is 4.79 Å². The second-order valence-electron chi connectivity index (χ2n) is 6.83. The lowest BCUT2D eigenvalue weighted by Gasteiger charge is -2.15. The SMILES string of the molecule is COCc1noc([C@@H]2CN(Cc3ccc4c(c3)CCO4)C[C@H]2C(N)=O)n1. The van der Waals surface area contributed by atoms with E-state index in [1.165, 1.54) is 11.1 Å². The largest absolute Gasteiger partial charge is 0.493 e. The molecule has 2 aromatic rings. The lowest BCUT2D eigenvalue weighted by atomic mass is 9.95. The summed E-state index contributed by atoms with van der Waals surface area (Å²) >= 11 is 0. The van der Waals surface area contributed by atoms with Gasteiger partial charge in [0.15, 0.2) is 5.82 Å². The minimum absolute atomic E-state index is 0.191. The zero-order valence-corrected chi connectivity index (χ0v) is 14.7. The maximum absolute atomic E-state index is 11.9. The Morgan fingerprint density at radius 2 is 2.31 bits per heavy atom.